The monoisotopic (exact) mass is 382 g/mol. The number of nitro benzene ring substituents is 1. The summed E-state index contributed by atoms with van der Waals surface area (Å²) >= 11 is 0. The lowest BCUT2D eigenvalue weighted by Crippen LogP contribution is -2.27. The molecule has 0 fully saturated rings. The number of imidazole rings is 1. The zero-order valence-electron chi connectivity index (χ0n) is 13.1. The van der Waals surface area contributed by atoms with Crippen molar-refractivity contribution in [1.29, 1.82) is 0 Å². The second-order valence-corrected chi connectivity index (χ2v) is 5.37. The van der Waals surface area contributed by atoms with Gasteiger partial charge in [-0.05, 0) is 6.07 Å². The number of phenolic OH excluding ortho intramolecular Hbond substituents is 2. The lowest BCUT2D eigenvalue weighted by atomic mass is 10.1. The number of phenols is 2. The predicted molar refractivity (Wildman–Crippen MR) is 82.9 cm³/mol. The maximum Gasteiger partial charge on any atom is 0.418 e. The fourth-order valence-electron chi connectivity index (χ4n) is 2.49. The third-order valence-corrected chi connectivity index (χ3v) is 3.68. The van der Waals surface area contributed by atoms with Gasteiger partial charge in [0, 0.05) is 17.7 Å². The van der Waals surface area contributed by atoms with Crippen LogP contribution in [-0.2, 0) is 6.18 Å². The van der Waals surface area contributed by atoms with Crippen molar-refractivity contribution in [1.82, 2.24) is 9.55 Å². The van der Waals surface area contributed by atoms with Crippen LogP contribution in [0, 0.1) is 15.3 Å². The van der Waals surface area contributed by atoms with Gasteiger partial charge < -0.3 is 15.4 Å². The molecule has 9 nitrogen and oxygen atoms in total. The highest BCUT2D eigenvalue weighted by molar-refractivity contribution is 5.71. The average molecular weight is 382 g/mol. The number of pyridine rings is 1. The smallest absolute Gasteiger partial charge is 0.418 e. The van der Waals surface area contributed by atoms with Gasteiger partial charge in [-0.15, -0.1) is 0 Å². The number of aromatic nitrogens is 3. The molecule has 3 rings (SSSR count). The summed E-state index contributed by atoms with van der Waals surface area (Å²) in [6, 6.07) is 2.38. The topological polar surface area (TPSA) is 128 Å². The van der Waals surface area contributed by atoms with E-state index in [0.29, 0.717) is 18.5 Å². The maximum absolute atomic E-state index is 13.3. The second-order valence-electron chi connectivity index (χ2n) is 5.37. The number of aromatic hydroxyl groups is 2. The van der Waals surface area contributed by atoms with E-state index in [1.807, 2.05) is 0 Å². The van der Waals surface area contributed by atoms with Crippen molar-refractivity contribution in [2.24, 2.45) is 0 Å². The SMILES string of the molecule is O=[N+]([O-])c1cc(-c2cncn2-c2c[n+]([O-])ccc2C(F)(F)F)cc(O)c1O. The number of hydrogen-bond donors (Lipinski definition) is 2. The fraction of sp³-hybridized carbons (Fsp3) is 0.0667. The Morgan fingerprint density at radius 3 is 2.59 bits per heavy atom. The summed E-state index contributed by atoms with van der Waals surface area (Å²) in [6.07, 6.45) is -1.36. The van der Waals surface area contributed by atoms with Crippen LogP contribution in [0.1, 0.15) is 5.56 Å². The van der Waals surface area contributed by atoms with Gasteiger partial charge in [0.1, 0.15) is 5.69 Å². The normalized spacial score (nSPS) is 11.5. The van der Waals surface area contributed by atoms with Crippen LogP contribution in [0.2, 0.25) is 0 Å². The first-order chi connectivity index (χ1) is 12.6. The Morgan fingerprint density at radius 1 is 1.26 bits per heavy atom. The minimum Gasteiger partial charge on any atom is -0.619 e. The van der Waals surface area contributed by atoms with Crippen LogP contribution in [0.5, 0.6) is 11.5 Å². The Morgan fingerprint density at radius 2 is 1.96 bits per heavy atom. The van der Waals surface area contributed by atoms with Crippen molar-refractivity contribution in [3.63, 3.8) is 0 Å². The molecule has 3 aromatic rings. The summed E-state index contributed by atoms with van der Waals surface area (Å²) < 4.78 is 40.9. The molecule has 27 heavy (non-hydrogen) atoms. The summed E-state index contributed by atoms with van der Waals surface area (Å²) in [5.41, 5.74) is -2.72. The first-order valence-corrected chi connectivity index (χ1v) is 7.13. The fourth-order valence-corrected chi connectivity index (χ4v) is 2.49. The summed E-state index contributed by atoms with van der Waals surface area (Å²) in [7, 11) is 0. The molecule has 0 bridgehead atoms. The molecule has 0 saturated heterocycles. The van der Waals surface area contributed by atoms with Crippen molar-refractivity contribution >= 4 is 5.69 Å². The summed E-state index contributed by atoms with van der Waals surface area (Å²) in [5.74, 6) is -1.82. The number of halogens is 3. The number of nitrogens with zero attached hydrogens (tertiary/aromatic N) is 4. The van der Waals surface area contributed by atoms with Gasteiger partial charge in [-0.3, -0.25) is 14.7 Å². The summed E-state index contributed by atoms with van der Waals surface area (Å²) in [4.78, 5) is 13.8. The Labute approximate surface area is 147 Å². The van der Waals surface area contributed by atoms with Gasteiger partial charge in [0.25, 0.3) is 0 Å². The van der Waals surface area contributed by atoms with Crippen molar-refractivity contribution < 1.29 is 33.0 Å². The quantitative estimate of drug-likeness (QED) is 0.235. The molecule has 0 unspecified atom stereocenters. The van der Waals surface area contributed by atoms with Crippen molar-refractivity contribution in [3.05, 3.63) is 64.0 Å². The zero-order valence-corrected chi connectivity index (χ0v) is 13.1. The molecule has 0 aliphatic rings. The number of alkyl halides is 3. The van der Waals surface area contributed by atoms with Gasteiger partial charge in [0.05, 0.1) is 28.7 Å². The van der Waals surface area contributed by atoms with Crippen LogP contribution in [-0.4, -0.2) is 24.7 Å². The minimum atomic E-state index is -4.78. The molecular weight excluding hydrogens is 373 g/mol. The standard InChI is InChI=1S/C15H9F3N4O5/c16-15(17,18)9-1-2-20(25)6-12(9)21-7-19-5-11(21)8-3-10(22(26)27)14(24)13(23)4-8/h1-7,23-24H. The molecule has 0 aliphatic heterocycles. The lowest BCUT2D eigenvalue weighted by Gasteiger charge is -2.14. The summed E-state index contributed by atoms with van der Waals surface area (Å²) in [5, 5.41) is 41.8. The molecule has 1 aromatic carbocycles. The molecule has 140 valence electrons. The van der Waals surface area contributed by atoms with Crippen LogP contribution < -0.4 is 4.73 Å². The molecule has 0 radical (unpaired) electrons. The average Bonchev–Trinajstić information content (AvgIpc) is 3.05. The van der Waals surface area contributed by atoms with E-state index in [9.17, 15) is 38.7 Å². The van der Waals surface area contributed by atoms with Gasteiger partial charge in [-0.1, -0.05) is 0 Å². The zero-order chi connectivity index (χ0) is 19.9. The van der Waals surface area contributed by atoms with E-state index in [0.717, 1.165) is 29.2 Å². The molecule has 2 heterocycles. The Kier molecular flexibility index (Phi) is 4.10. The lowest BCUT2D eigenvalue weighted by molar-refractivity contribution is -0.605. The summed E-state index contributed by atoms with van der Waals surface area (Å²) in [6.45, 7) is 0. The largest absolute Gasteiger partial charge is 0.619 e. The highest BCUT2D eigenvalue weighted by Crippen LogP contribution is 2.40. The van der Waals surface area contributed by atoms with Crippen molar-refractivity contribution in [2.75, 3.05) is 0 Å². The van der Waals surface area contributed by atoms with Crippen LogP contribution in [0.4, 0.5) is 18.9 Å². The van der Waals surface area contributed by atoms with Crippen LogP contribution in [0.15, 0.2) is 43.1 Å². The molecule has 2 aromatic heterocycles. The Bertz CT molecular complexity index is 1050. The first kappa shape index (κ1) is 18.0. The van der Waals surface area contributed by atoms with E-state index in [1.165, 1.54) is 0 Å². The van der Waals surface area contributed by atoms with Gasteiger partial charge in [-0.2, -0.15) is 17.9 Å². The number of hydrogen-bond acceptors (Lipinski definition) is 6. The van der Waals surface area contributed by atoms with E-state index >= 15 is 0 Å². The van der Waals surface area contributed by atoms with E-state index in [2.05, 4.69) is 4.98 Å². The number of nitro groups is 1. The molecule has 0 spiro atoms. The maximum atomic E-state index is 13.3. The van der Waals surface area contributed by atoms with E-state index in [1.54, 1.807) is 0 Å². The van der Waals surface area contributed by atoms with E-state index in [4.69, 9.17) is 0 Å². The Hall–Kier alpha value is -3.83. The molecular formula is C15H9F3N4O5. The highest BCUT2D eigenvalue weighted by Gasteiger charge is 2.36. The van der Waals surface area contributed by atoms with Crippen molar-refractivity contribution in [2.45, 2.75) is 6.18 Å². The van der Waals surface area contributed by atoms with Gasteiger partial charge >= 0.3 is 11.9 Å². The molecule has 2 N–H and O–H groups in total. The second kappa shape index (κ2) is 6.16. The minimum absolute atomic E-state index is 0.0786. The van der Waals surface area contributed by atoms with Crippen LogP contribution in [0.25, 0.3) is 16.9 Å². The van der Waals surface area contributed by atoms with Gasteiger partial charge in [-0.25, -0.2) is 4.98 Å². The van der Waals surface area contributed by atoms with E-state index < -0.39 is 39.5 Å². The molecule has 0 aliphatic carbocycles. The molecule has 0 atom stereocenters. The van der Waals surface area contributed by atoms with E-state index in [-0.39, 0.29) is 16.0 Å². The van der Waals surface area contributed by atoms with Crippen molar-refractivity contribution in [3.8, 4) is 28.4 Å². The molecule has 12 heteroatoms. The molecule has 0 saturated carbocycles. The Balaban J connectivity index is 2.26. The first-order valence-electron chi connectivity index (χ1n) is 7.13. The molecule has 0 amide bonds. The van der Waals surface area contributed by atoms with Gasteiger partial charge in [0.15, 0.2) is 11.9 Å². The van der Waals surface area contributed by atoms with Gasteiger partial charge in [0.2, 0.25) is 11.9 Å². The van der Waals surface area contributed by atoms with Crippen LogP contribution >= 0.6 is 0 Å². The van der Waals surface area contributed by atoms with Crippen LogP contribution in [0.3, 0.4) is 0 Å². The predicted octanol–water partition coefficient (Wildman–Crippen LogP) is 2.51. The number of rotatable bonds is 3. The highest BCUT2D eigenvalue weighted by atomic mass is 19.4. The number of benzene rings is 1. The third kappa shape index (κ3) is 3.19. The third-order valence-electron chi connectivity index (χ3n) is 3.68.